The smallest absolute Gasteiger partial charge is 0.307 e. The molecule has 0 aliphatic carbocycles. The van der Waals surface area contributed by atoms with Crippen LogP contribution in [-0.4, -0.2) is 29.6 Å². The molecule has 0 amide bonds. The highest BCUT2D eigenvalue weighted by Crippen LogP contribution is 2.30. The van der Waals surface area contributed by atoms with Gasteiger partial charge in [0.2, 0.25) is 0 Å². The third-order valence-corrected chi connectivity index (χ3v) is 4.56. The summed E-state index contributed by atoms with van der Waals surface area (Å²) in [5, 5.41) is 9.67. The fourth-order valence-corrected chi connectivity index (χ4v) is 3.41. The number of benzene rings is 1. The van der Waals surface area contributed by atoms with Crippen LogP contribution in [0, 0.1) is 5.92 Å². The van der Waals surface area contributed by atoms with Crippen molar-refractivity contribution in [3.63, 3.8) is 0 Å². The number of thiophene rings is 1. The van der Waals surface area contributed by atoms with Crippen molar-refractivity contribution in [1.29, 1.82) is 0 Å². The average molecular weight is 324 g/mol. The van der Waals surface area contributed by atoms with Crippen molar-refractivity contribution in [3.8, 4) is 10.4 Å². The van der Waals surface area contributed by atoms with E-state index in [4.69, 9.17) is 16.7 Å². The number of hydrogen-bond donors (Lipinski definition) is 1. The van der Waals surface area contributed by atoms with E-state index in [1.165, 1.54) is 9.75 Å². The lowest BCUT2D eigenvalue weighted by atomic mass is 10.2. The van der Waals surface area contributed by atoms with E-state index < -0.39 is 5.97 Å². The predicted octanol–water partition coefficient (Wildman–Crippen LogP) is 4.22. The molecule has 2 rings (SSSR count). The highest BCUT2D eigenvalue weighted by molar-refractivity contribution is 7.15. The molecule has 2 aromatic rings. The van der Waals surface area contributed by atoms with E-state index in [9.17, 15) is 4.79 Å². The first-order valence-electron chi connectivity index (χ1n) is 6.71. The van der Waals surface area contributed by atoms with Gasteiger partial charge in [-0.2, -0.15) is 0 Å². The number of nitrogens with zero attached hydrogens (tertiary/aromatic N) is 1. The molecule has 1 N–H and O–H groups in total. The van der Waals surface area contributed by atoms with Crippen molar-refractivity contribution in [1.82, 2.24) is 4.90 Å². The molecule has 1 aromatic carbocycles. The molecule has 0 saturated heterocycles. The topological polar surface area (TPSA) is 40.5 Å². The molecule has 0 saturated carbocycles. The van der Waals surface area contributed by atoms with Gasteiger partial charge in [0, 0.05) is 27.9 Å². The van der Waals surface area contributed by atoms with Gasteiger partial charge in [0.1, 0.15) is 0 Å². The van der Waals surface area contributed by atoms with E-state index in [0.29, 0.717) is 6.54 Å². The largest absolute Gasteiger partial charge is 0.481 e. The molecular formula is C16H18ClNO2S. The fourth-order valence-electron chi connectivity index (χ4n) is 2.14. The van der Waals surface area contributed by atoms with Crippen molar-refractivity contribution in [3.05, 3.63) is 46.3 Å². The van der Waals surface area contributed by atoms with Gasteiger partial charge in [0.25, 0.3) is 0 Å². The zero-order chi connectivity index (χ0) is 15.4. The van der Waals surface area contributed by atoms with Gasteiger partial charge in [-0.15, -0.1) is 11.3 Å². The number of carboxylic acid groups (broad SMARTS) is 1. The lowest BCUT2D eigenvalue weighted by Gasteiger charge is -2.17. The van der Waals surface area contributed by atoms with Gasteiger partial charge in [-0.3, -0.25) is 4.79 Å². The highest BCUT2D eigenvalue weighted by atomic mass is 35.5. The normalized spacial score (nSPS) is 12.6. The first-order valence-corrected chi connectivity index (χ1v) is 7.91. The van der Waals surface area contributed by atoms with E-state index in [-0.39, 0.29) is 5.92 Å². The van der Waals surface area contributed by atoms with Crippen molar-refractivity contribution in [2.75, 3.05) is 13.6 Å². The minimum Gasteiger partial charge on any atom is -0.481 e. The summed E-state index contributed by atoms with van der Waals surface area (Å²) in [7, 11) is 1.94. The summed E-state index contributed by atoms with van der Waals surface area (Å²) in [4.78, 5) is 15.3. The number of carbonyl (C=O) groups is 1. The Balaban J connectivity index is 2.02. The molecule has 1 heterocycles. The van der Waals surface area contributed by atoms with E-state index in [0.717, 1.165) is 17.1 Å². The third kappa shape index (κ3) is 4.56. The molecule has 0 aliphatic rings. The summed E-state index contributed by atoms with van der Waals surface area (Å²) in [6.07, 6.45) is 0. The van der Waals surface area contributed by atoms with E-state index in [1.807, 2.05) is 36.2 Å². The summed E-state index contributed by atoms with van der Waals surface area (Å²) in [5.74, 6) is -1.12. The van der Waals surface area contributed by atoms with Gasteiger partial charge >= 0.3 is 5.97 Å². The molecule has 1 unspecified atom stereocenters. The van der Waals surface area contributed by atoms with Gasteiger partial charge in [-0.25, -0.2) is 0 Å². The van der Waals surface area contributed by atoms with Gasteiger partial charge in [0.15, 0.2) is 0 Å². The number of aliphatic carboxylic acids is 1. The summed E-state index contributed by atoms with van der Waals surface area (Å²) in [6, 6.07) is 12.0. The van der Waals surface area contributed by atoms with Crippen molar-refractivity contribution < 1.29 is 9.90 Å². The van der Waals surface area contributed by atoms with Crippen LogP contribution in [0.15, 0.2) is 36.4 Å². The predicted molar refractivity (Wildman–Crippen MR) is 87.9 cm³/mol. The van der Waals surface area contributed by atoms with Gasteiger partial charge in [-0.1, -0.05) is 30.7 Å². The molecule has 0 bridgehead atoms. The SMILES string of the molecule is CC(CN(C)Cc1ccc(-c2cccc(Cl)c2)s1)C(=O)O. The molecule has 0 radical (unpaired) electrons. The first kappa shape index (κ1) is 16.0. The zero-order valence-corrected chi connectivity index (χ0v) is 13.6. The highest BCUT2D eigenvalue weighted by Gasteiger charge is 2.14. The van der Waals surface area contributed by atoms with E-state index in [1.54, 1.807) is 18.3 Å². The van der Waals surface area contributed by atoms with Crippen LogP contribution in [-0.2, 0) is 11.3 Å². The fraction of sp³-hybridized carbons (Fsp3) is 0.312. The lowest BCUT2D eigenvalue weighted by Crippen LogP contribution is -2.27. The van der Waals surface area contributed by atoms with Gasteiger partial charge in [-0.05, 0) is 36.9 Å². The third-order valence-electron chi connectivity index (χ3n) is 3.20. The second kappa shape index (κ2) is 7.07. The minimum absolute atomic E-state index is 0.359. The van der Waals surface area contributed by atoms with Crippen LogP contribution in [0.4, 0.5) is 0 Å². The van der Waals surface area contributed by atoms with Crippen LogP contribution in [0.5, 0.6) is 0 Å². The minimum atomic E-state index is -0.757. The summed E-state index contributed by atoms with van der Waals surface area (Å²) >= 11 is 7.72. The summed E-state index contributed by atoms with van der Waals surface area (Å²) in [6.45, 7) is 3.02. The Morgan fingerprint density at radius 3 is 2.81 bits per heavy atom. The second-order valence-electron chi connectivity index (χ2n) is 5.21. The Hall–Kier alpha value is -1.36. The first-order chi connectivity index (χ1) is 9.95. The standard InChI is InChI=1S/C16H18ClNO2S/c1-11(16(19)20)9-18(2)10-14-6-7-15(21-14)12-4-3-5-13(17)8-12/h3-8,11H,9-10H2,1-2H3,(H,19,20). The van der Waals surface area contributed by atoms with Crippen LogP contribution in [0.3, 0.4) is 0 Å². The van der Waals surface area contributed by atoms with Crippen LogP contribution >= 0.6 is 22.9 Å². The van der Waals surface area contributed by atoms with Crippen molar-refractivity contribution in [2.45, 2.75) is 13.5 Å². The molecule has 1 atom stereocenters. The lowest BCUT2D eigenvalue weighted by molar-refractivity contribution is -0.141. The molecule has 5 heteroatoms. The maximum absolute atomic E-state index is 10.9. The number of rotatable bonds is 6. The Kier molecular flexibility index (Phi) is 5.39. The number of carboxylic acids is 1. The van der Waals surface area contributed by atoms with Crippen molar-refractivity contribution >= 4 is 28.9 Å². The molecule has 1 aromatic heterocycles. The molecule has 21 heavy (non-hydrogen) atoms. The van der Waals surface area contributed by atoms with Crippen LogP contribution in [0.25, 0.3) is 10.4 Å². The average Bonchev–Trinajstić information content (AvgIpc) is 2.86. The zero-order valence-electron chi connectivity index (χ0n) is 12.0. The van der Waals surface area contributed by atoms with Gasteiger partial charge in [0.05, 0.1) is 5.92 Å². The van der Waals surface area contributed by atoms with E-state index in [2.05, 4.69) is 12.1 Å². The van der Waals surface area contributed by atoms with Crippen LogP contribution in [0.1, 0.15) is 11.8 Å². The maximum Gasteiger partial charge on any atom is 0.307 e. The Labute approximate surface area is 133 Å². The summed E-state index contributed by atoms with van der Waals surface area (Å²) in [5.41, 5.74) is 1.11. The molecule has 0 aliphatic heterocycles. The van der Waals surface area contributed by atoms with Crippen LogP contribution in [0.2, 0.25) is 5.02 Å². The second-order valence-corrected chi connectivity index (χ2v) is 6.82. The molecule has 112 valence electrons. The maximum atomic E-state index is 10.9. The number of halogens is 1. The van der Waals surface area contributed by atoms with Gasteiger partial charge < -0.3 is 10.0 Å². The molecular weight excluding hydrogens is 306 g/mol. The molecule has 0 fully saturated rings. The Morgan fingerprint density at radius 2 is 2.14 bits per heavy atom. The molecule has 0 spiro atoms. The summed E-state index contributed by atoms with van der Waals surface area (Å²) < 4.78 is 0. The quantitative estimate of drug-likeness (QED) is 0.865. The molecule has 3 nitrogen and oxygen atoms in total. The van der Waals surface area contributed by atoms with Crippen molar-refractivity contribution in [2.24, 2.45) is 5.92 Å². The monoisotopic (exact) mass is 323 g/mol. The van der Waals surface area contributed by atoms with Crippen LogP contribution < -0.4 is 0 Å². The Bertz CT molecular complexity index is 626. The van der Waals surface area contributed by atoms with E-state index >= 15 is 0 Å². The number of hydrogen-bond acceptors (Lipinski definition) is 3. The Morgan fingerprint density at radius 1 is 1.38 bits per heavy atom.